The maximum absolute atomic E-state index is 4.59. The number of para-hydroxylation sites is 2. The molecule has 2 N–H and O–H groups in total. The van der Waals surface area contributed by atoms with Gasteiger partial charge >= 0.3 is 0 Å². The minimum atomic E-state index is -0.418. The summed E-state index contributed by atoms with van der Waals surface area (Å²) in [6.45, 7) is 6.83. The van der Waals surface area contributed by atoms with Gasteiger partial charge in [0.25, 0.3) is 0 Å². The summed E-state index contributed by atoms with van der Waals surface area (Å²) in [6.07, 6.45) is 1.85. The van der Waals surface area contributed by atoms with Crippen molar-refractivity contribution in [2.45, 2.75) is 26.4 Å². The first-order chi connectivity index (χ1) is 14.0. The van der Waals surface area contributed by atoms with Crippen LogP contribution in [0.1, 0.15) is 26.3 Å². The molecule has 0 aliphatic carbocycles. The molecule has 0 radical (unpaired) electrons. The monoisotopic (exact) mass is 379 g/mol. The second kappa shape index (κ2) is 6.35. The van der Waals surface area contributed by atoms with Crippen molar-refractivity contribution < 1.29 is 0 Å². The molecule has 1 aliphatic rings. The van der Waals surface area contributed by atoms with Crippen molar-refractivity contribution in [2.75, 3.05) is 10.6 Å². The van der Waals surface area contributed by atoms with Crippen molar-refractivity contribution in [2.24, 2.45) is 5.41 Å². The molecule has 144 valence electrons. The summed E-state index contributed by atoms with van der Waals surface area (Å²) < 4.78 is 0. The maximum atomic E-state index is 4.59. The molecule has 3 heteroatoms. The van der Waals surface area contributed by atoms with E-state index in [1.807, 2.05) is 18.3 Å². The number of benzene rings is 3. The molecule has 3 nitrogen and oxygen atoms in total. The third kappa shape index (κ3) is 2.69. The first-order valence-electron chi connectivity index (χ1n) is 10.1. The van der Waals surface area contributed by atoms with E-state index < -0.39 is 5.66 Å². The standard InChI is InChI=1S/C26H25N3/c1-25(2,3)26(28-23-13-6-7-14-24(23)29-26)21-16-15-20(22-12-8-9-17-27-22)18-10-4-5-11-19(18)21/h4-17,28-29H,1-3H3. The van der Waals surface area contributed by atoms with Crippen LogP contribution in [0.4, 0.5) is 11.4 Å². The van der Waals surface area contributed by atoms with Gasteiger partial charge in [-0.25, -0.2) is 0 Å². The van der Waals surface area contributed by atoms with Gasteiger partial charge in [-0.2, -0.15) is 0 Å². The molecule has 4 aromatic rings. The fourth-order valence-electron chi connectivity index (χ4n) is 4.42. The highest BCUT2D eigenvalue weighted by molar-refractivity contribution is 5.99. The summed E-state index contributed by atoms with van der Waals surface area (Å²) in [5.74, 6) is 0. The molecule has 0 amide bonds. The molecular formula is C26H25N3. The number of nitrogens with one attached hydrogen (secondary N) is 2. The second-order valence-electron chi connectivity index (χ2n) is 8.72. The highest BCUT2D eigenvalue weighted by atomic mass is 15.3. The van der Waals surface area contributed by atoms with Gasteiger partial charge in [0, 0.05) is 22.7 Å². The first kappa shape index (κ1) is 17.7. The van der Waals surface area contributed by atoms with Gasteiger partial charge in [0.2, 0.25) is 0 Å². The quantitative estimate of drug-likeness (QED) is 0.410. The largest absolute Gasteiger partial charge is 0.357 e. The maximum Gasteiger partial charge on any atom is 0.140 e. The predicted molar refractivity (Wildman–Crippen MR) is 122 cm³/mol. The molecule has 3 aromatic carbocycles. The van der Waals surface area contributed by atoms with E-state index in [2.05, 4.69) is 103 Å². The first-order valence-corrected chi connectivity index (χ1v) is 10.1. The van der Waals surface area contributed by atoms with Crippen molar-refractivity contribution in [1.29, 1.82) is 0 Å². The Bertz CT molecular complexity index is 1160. The SMILES string of the molecule is CC(C)(C)C1(c2ccc(-c3ccccn3)c3ccccc23)Nc2ccccc2N1. The van der Waals surface area contributed by atoms with E-state index in [0.717, 1.165) is 22.6 Å². The molecule has 0 unspecified atom stereocenters. The number of fused-ring (bicyclic) bond motifs is 2. The van der Waals surface area contributed by atoms with Crippen LogP contribution in [-0.4, -0.2) is 4.98 Å². The number of pyridine rings is 1. The molecular weight excluding hydrogens is 354 g/mol. The van der Waals surface area contributed by atoms with Crippen LogP contribution in [0.3, 0.4) is 0 Å². The van der Waals surface area contributed by atoms with Gasteiger partial charge in [-0.05, 0) is 35.0 Å². The summed E-state index contributed by atoms with van der Waals surface area (Å²) in [5, 5.41) is 10.1. The van der Waals surface area contributed by atoms with Gasteiger partial charge in [-0.15, -0.1) is 0 Å². The van der Waals surface area contributed by atoms with Gasteiger partial charge in [-0.1, -0.05) is 75.4 Å². The van der Waals surface area contributed by atoms with E-state index in [9.17, 15) is 0 Å². The highest BCUT2D eigenvalue weighted by Gasteiger charge is 2.48. The third-order valence-electron chi connectivity index (χ3n) is 5.97. The summed E-state index contributed by atoms with van der Waals surface area (Å²) in [4.78, 5) is 4.59. The molecule has 5 rings (SSSR count). The van der Waals surface area contributed by atoms with Gasteiger partial charge in [0.1, 0.15) is 5.66 Å². The van der Waals surface area contributed by atoms with E-state index in [0.29, 0.717) is 0 Å². The lowest BCUT2D eigenvalue weighted by Gasteiger charge is -2.44. The Morgan fingerprint density at radius 2 is 1.31 bits per heavy atom. The van der Waals surface area contributed by atoms with Crippen LogP contribution in [0.15, 0.2) is 85.1 Å². The molecule has 0 saturated heterocycles. The minimum absolute atomic E-state index is 0.0820. The Labute approximate surface area is 171 Å². The minimum Gasteiger partial charge on any atom is -0.357 e. The highest BCUT2D eigenvalue weighted by Crippen LogP contribution is 2.51. The van der Waals surface area contributed by atoms with E-state index >= 15 is 0 Å². The Morgan fingerprint density at radius 1 is 0.690 bits per heavy atom. The van der Waals surface area contributed by atoms with Crippen LogP contribution in [0.5, 0.6) is 0 Å². The van der Waals surface area contributed by atoms with Crippen molar-refractivity contribution in [3.63, 3.8) is 0 Å². The van der Waals surface area contributed by atoms with Crippen molar-refractivity contribution >= 4 is 22.1 Å². The van der Waals surface area contributed by atoms with Crippen molar-refractivity contribution in [1.82, 2.24) is 4.98 Å². The third-order valence-corrected chi connectivity index (χ3v) is 5.97. The Hall–Kier alpha value is -3.33. The lowest BCUT2D eigenvalue weighted by atomic mass is 9.74. The lowest BCUT2D eigenvalue weighted by Crippen LogP contribution is -2.50. The fourth-order valence-corrected chi connectivity index (χ4v) is 4.42. The number of nitrogens with zero attached hydrogens (tertiary/aromatic N) is 1. The normalized spacial score (nSPS) is 14.9. The molecule has 0 atom stereocenters. The van der Waals surface area contributed by atoms with Crippen LogP contribution in [0, 0.1) is 5.41 Å². The molecule has 0 saturated carbocycles. The summed E-state index contributed by atoms with van der Waals surface area (Å²) >= 11 is 0. The Balaban J connectivity index is 1.77. The number of hydrogen-bond acceptors (Lipinski definition) is 3. The van der Waals surface area contributed by atoms with Crippen LogP contribution < -0.4 is 10.6 Å². The Morgan fingerprint density at radius 3 is 1.93 bits per heavy atom. The predicted octanol–water partition coefficient (Wildman–Crippen LogP) is 6.64. The van der Waals surface area contributed by atoms with E-state index in [-0.39, 0.29) is 5.41 Å². The number of hydrogen-bond donors (Lipinski definition) is 2. The van der Waals surface area contributed by atoms with E-state index in [4.69, 9.17) is 0 Å². The van der Waals surface area contributed by atoms with Gasteiger partial charge in [0.05, 0.1) is 17.1 Å². The lowest BCUT2D eigenvalue weighted by molar-refractivity contribution is 0.253. The topological polar surface area (TPSA) is 37.0 Å². The number of aromatic nitrogens is 1. The van der Waals surface area contributed by atoms with Crippen LogP contribution in [-0.2, 0) is 5.66 Å². The van der Waals surface area contributed by atoms with Crippen LogP contribution >= 0.6 is 0 Å². The Kier molecular flexibility index (Phi) is 3.88. The number of anilines is 2. The smallest absolute Gasteiger partial charge is 0.140 e. The van der Waals surface area contributed by atoms with Crippen molar-refractivity contribution in [3.8, 4) is 11.3 Å². The zero-order valence-electron chi connectivity index (χ0n) is 17.0. The van der Waals surface area contributed by atoms with Gasteiger partial charge in [-0.3, -0.25) is 4.98 Å². The molecule has 1 aromatic heterocycles. The zero-order chi connectivity index (χ0) is 20.1. The molecule has 1 aliphatic heterocycles. The zero-order valence-corrected chi connectivity index (χ0v) is 17.0. The number of rotatable bonds is 2. The van der Waals surface area contributed by atoms with Crippen LogP contribution in [0.2, 0.25) is 0 Å². The average Bonchev–Trinajstić information content (AvgIpc) is 3.14. The molecule has 29 heavy (non-hydrogen) atoms. The molecule has 2 heterocycles. The summed E-state index contributed by atoms with van der Waals surface area (Å²) in [5.41, 5.74) is 5.18. The summed E-state index contributed by atoms with van der Waals surface area (Å²) in [6, 6.07) is 27.6. The fraction of sp³-hybridized carbons (Fsp3) is 0.192. The van der Waals surface area contributed by atoms with Gasteiger partial charge in [0.15, 0.2) is 0 Å². The molecule has 0 bridgehead atoms. The molecule has 0 spiro atoms. The average molecular weight is 380 g/mol. The van der Waals surface area contributed by atoms with E-state index in [1.165, 1.54) is 16.3 Å². The van der Waals surface area contributed by atoms with Crippen molar-refractivity contribution in [3.05, 3.63) is 90.6 Å². The van der Waals surface area contributed by atoms with Gasteiger partial charge < -0.3 is 10.6 Å². The molecule has 0 fully saturated rings. The van der Waals surface area contributed by atoms with Crippen LogP contribution in [0.25, 0.3) is 22.0 Å². The summed E-state index contributed by atoms with van der Waals surface area (Å²) in [7, 11) is 0. The van der Waals surface area contributed by atoms with E-state index in [1.54, 1.807) is 0 Å². The second-order valence-corrected chi connectivity index (χ2v) is 8.72.